The van der Waals surface area contributed by atoms with Gasteiger partial charge in [-0.25, -0.2) is 4.98 Å². The van der Waals surface area contributed by atoms with E-state index in [1.54, 1.807) is 18.3 Å². The summed E-state index contributed by atoms with van der Waals surface area (Å²) in [4.78, 5) is 10.7. The first-order chi connectivity index (χ1) is 13.7. The molecule has 0 spiro atoms. The van der Waals surface area contributed by atoms with Crippen LogP contribution in [0.3, 0.4) is 0 Å². The number of nitrogens with zero attached hydrogens (tertiary/aromatic N) is 2. The summed E-state index contributed by atoms with van der Waals surface area (Å²) in [5.41, 5.74) is 2.57. The molecular formula is C22H22N4OS. The molecule has 6 heteroatoms. The van der Waals surface area contributed by atoms with Gasteiger partial charge in [-0.3, -0.25) is 0 Å². The van der Waals surface area contributed by atoms with Gasteiger partial charge in [-0.2, -0.15) is 4.98 Å². The monoisotopic (exact) mass is 390 g/mol. The van der Waals surface area contributed by atoms with Crippen LogP contribution in [0.15, 0.2) is 66.0 Å². The van der Waals surface area contributed by atoms with Crippen molar-refractivity contribution in [1.29, 1.82) is 0 Å². The second kappa shape index (κ2) is 8.37. The van der Waals surface area contributed by atoms with Gasteiger partial charge in [0.25, 0.3) is 0 Å². The third-order valence-electron chi connectivity index (χ3n) is 4.47. The first kappa shape index (κ1) is 18.4. The molecule has 1 unspecified atom stereocenters. The Labute approximate surface area is 168 Å². The fourth-order valence-electron chi connectivity index (χ4n) is 3.03. The summed E-state index contributed by atoms with van der Waals surface area (Å²) in [5, 5.41) is 19.6. The lowest BCUT2D eigenvalue weighted by Gasteiger charge is -2.13. The van der Waals surface area contributed by atoms with E-state index in [2.05, 4.69) is 33.1 Å². The highest BCUT2D eigenvalue weighted by Crippen LogP contribution is 2.25. The molecule has 2 aromatic heterocycles. The minimum Gasteiger partial charge on any atom is -0.389 e. The summed E-state index contributed by atoms with van der Waals surface area (Å²) in [6.45, 7) is 2.56. The summed E-state index contributed by atoms with van der Waals surface area (Å²) in [5.74, 6) is 1.34. The van der Waals surface area contributed by atoms with Crippen molar-refractivity contribution in [3.63, 3.8) is 0 Å². The molecule has 2 aromatic carbocycles. The van der Waals surface area contributed by atoms with Crippen LogP contribution in [0.5, 0.6) is 0 Å². The molecule has 142 valence electrons. The molecule has 0 radical (unpaired) electrons. The van der Waals surface area contributed by atoms with Crippen LogP contribution >= 0.6 is 11.3 Å². The first-order valence-corrected chi connectivity index (χ1v) is 10.1. The maximum atomic E-state index is 9.81. The lowest BCUT2D eigenvalue weighted by atomic mass is 10.1. The number of anilines is 3. The molecule has 0 aliphatic heterocycles. The van der Waals surface area contributed by atoms with E-state index in [1.165, 1.54) is 4.88 Å². The molecule has 4 rings (SSSR count). The Morgan fingerprint density at radius 1 is 1.04 bits per heavy atom. The summed E-state index contributed by atoms with van der Waals surface area (Å²) >= 11 is 1.76. The first-order valence-electron chi connectivity index (χ1n) is 9.27. The predicted molar refractivity (Wildman–Crippen MR) is 116 cm³/mol. The SMILES string of the molecule is CC(O)c1cccc(Nc2nc(NCCc3cccs3)c3ccccc3n2)c1. The summed E-state index contributed by atoms with van der Waals surface area (Å²) in [6.07, 6.45) is 0.434. The molecule has 0 saturated carbocycles. The Morgan fingerprint density at radius 3 is 2.75 bits per heavy atom. The van der Waals surface area contributed by atoms with E-state index in [-0.39, 0.29) is 0 Å². The number of thiophene rings is 1. The molecule has 4 aromatic rings. The number of nitrogens with one attached hydrogen (secondary N) is 2. The second-order valence-corrected chi connectivity index (χ2v) is 7.63. The number of fused-ring (bicyclic) bond motifs is 1. The number of rotatable bonds is 7. The van der Waals surface area contributed by atoms with Gasteiger partial charge in [0.1, 0.15) is 5.82 Å². The highest BCUT2D eigenvalue weighted by atomic mass is 32.1. The summed E-state index contributed by atoms with van der Waals surface area (Å²) < 4.78 is 0. The topological polar surface area (TPSA) is 70.1 Å². The number of aliphatic hydroxyl groups excluding tert-OH is 1. The van der Waals surface area contributed by atoms with Gasteiger partial charge in [0.2, 0.25) is 5.95 Å². The van der Waals surface area contributed by atoms with E-state index < -0.39 is 6.10 Å². The zero-order valence-corrected chi connectivity index (χ0v) is 16.4. The number of hydrogen-bond donors (Lipinski definition) is 3. The molecule has 3 N–H and O–H groups in total. The number of aromatic nitrogens is 2. The smallest absolute Gasteiger partial charge is 0.229 e. The van der Waals surface area contributed by atoms with E-state index in [0.717, 1.165) is 40.9 Å². The fourth-order valence-corrected chi connectivity index (χ4v) is 3.74. The van der Waals surface area contributed by atoms with Crippen LogP contribution in [0.4, 0.5) is 17.5 Å². The van der Waals surface area contributed by atoms with E-state index in [4.69, 9.17) is 4.98 Å². The number of benzene rings is 2. The average molecular weight is 391 g/mol. The number of para-hydroxylation sites is 1. The lowest BCUT2D eigenvalue weighted by molar-refractivity contribution is 0.199. The zero-order chi connectivity index (χ0) is 19.3. The van der Waals surface area contributed by atoms with Gasteiger partial charge in [0.05, 0.1) is 11.6 Å². The van der Waals surface area contributed by atoms with Crippen molar-refractivity contribution in [3.8, 4) is 0 Å². The standard InChI is InChI=1S/C22H22N4OS/c1-15(27)16-6-4-7-17(14-16)24-22-25-20-10-3-2-9-19(20)21(26-22)23-12-11-18-8-5-13-28-18/h2-10,13-15,27H,11-12H2,1H3,(H2,23,24,25,26). The van der Waals surface area contributed by atoms with Gasteiger partial charge in [-0.05, 0) is 54.6 Å². The quantitative estimate of drug-likeness (QED) is 0.407. The Hall–Kier alpha value is -2.96. The normalized spacial score (nSPS) is 12.1. The Balaban J connectivity index is 1.59. The zero-order valence-electron chi connectivity index (χ0n) is 15.6. The van der Waals surface area contributed by atoms with Crippen molar-refractivity contribution >= 4 is 39.7 Å². The molecule has 0 aliphatic carbocycles. The summed E-state index contributed by atoms with van der Waals surface area (Å²) in [7, 11) is 0. The van der Waals surface area contributed by atoms with E-state index in [9.17, 15) is 5.11 Å². The molecule has 0 saturated heterocycles. The van der Waals surface area contributed by atoms with Crippen molar-refractivity contribution in [1.82, 2.24) is 9.97 Å². The highest BCUT2D eigenvalue weighted by molar-refractivity contribution is 7.09. The number of aliphatic hydroxyl groups is 1. The molecule has 0 bridgehead atoms. The van der Waals surface area contributed by atoms with Gasteiger partial charge >= 0.3 is 0 Å². The van der Waals surface area contributed by atoms with E-state index in [1.807, 2.05) is 48.5 Å². The molecule has 0 fully saturated rings. The van der Waals surface area contributed by atoms with Gasteiger partial charge < -0.3 is 15.7 Å². The van der Waals surface area contributed by atoms with Gasteiger partial charge in [0, 0.05) is 22.5 Å². The Morgan fingerprint density at radius 2 is 1.93 bits per heavy atom. The number of hydrogen-bond acceptors (Lipinski definition) is 6. The van der Waals surface area contributed by atoms with Crippen LogP contribution in [-0.4, -0.2) is 21.6 Å². The molecule has 2 heterocycles. The van der Waals surface area contributed by atoms with Crippen molar-refractivity contribution in [2.24, 2.45) is 0 Å². The van der Waals surface area contributed by atoms with Crippen molar-refractivity contribution in [3.05, 3.63) is 76.5 Å². The third-order valence-corrected chi connectivity index (χ3v) is 5.41. The van der Waals surface area contributed by atoms with Gasteiger partial charge in [0.15, 0.2) is 0 Å². The molecule has 0 amide bonds. The van der Waals surface area contributed by atoms with Gasteiger partial charge in [-0.1, -0.05) is 30.3 Å². The summed E-state index contributed by atoms with van der Waals surface area (Å²) in [6, 6.07) is 19.9. The van der Waals surface area contributed by atoms with Crippen molar-refractivity contribution < 1.29 is 5.11 Å². The van der Waals surface area contributed by atoms with Crippen LogP contribution in [0.2, 0.25) is 0 Å². The van der Waals surface area contributed by atoms with Crippen molar-refractivity contribution in [2.45, 2.75) is 19.4 Å². The Kier molecular flexibility index (Phi) is 5.50. The minimum atomic E-state index is -0.520. The molecule has 0 aliphatic rings. The highest BCUT2D eigenvalue weighted by Gasteiger charge is 2.09. The molecule has 1 atom stereocenters. The van der Waals surface area contributed by atoms with Crippen LogP contribution < -0.4 is 10.6 Å². The average Bonchev–Trinajstić information content (AvgIpc) is 3.21. The maximum Gasteiger partial charge on any atom is 0.229 e. The van der Waals surface area contributed by atoms with E-state index >= 15 is 0 Å². The molecular weight excluding hydrogens is 368 g/mol. The fraction of sp³-hybridized carbons (Fsp3) is 0.182. The minimum absolute atomic E-state index is 0.520. The van der Waals surface area contributed by atoms with E-state index in [0.29, 0.717) is 5.95 Å². The van der Waals surface area contributed by atoms with Crippen LogP contribution in [-0.2, 0) is 6.42 Å². The molecule has 28 heavy (non-hydrogen) atoms. The van der Waals surface area contributed by atoms with Crippen LogP contribution in [0.25, 0.3) is 10.9 Å². The third kappa shape index (κ3) is 4.30. The predicted octanol–water partition coefficient (Wildman–Crippen LogP) is 5.14. The van der Waals surface area contributed by atoms with Crippen LogP contribution in [0, 0.1) is 0 Å². The van der Waals surface area contributed by atoms with Crippen molar-refractivity contribution in [2.75, 3.05) is 17.2 Å². The Bertz CT molecular complexity index is 1060. The lowest BCUT2D eigenvalue weighted by Crippen LogP contribution is -2.08. The molecule has 5 nitrogen and oxygen atoms in total. The second-order valence-electron chi connectivity index (χ2n) is 6.60. The largest absolute Gasteiger partial charge is 0.389 e. The van der Waals surface area contributed by atoms with Gasteiger partial charge in [-0.15, -0.1) is 11.3 Å². The maximum absolute atomic E-state index is 9.81. The van der Waals surface area contributed by atoms with Crippen LogP contribution in [0.1, 0.15) is 23.5 Å².